The summed E-state index contributed by atoms with van der Waals surface area (Å²) in [6, 6.07) is 2.88. The van der Waals surface area contributed by atoms with E-state index in [1.54, 1.807) is 22.6 Å². The van der Waals surface area contributed by atoms with Gasteiger partial charge in [-0.3, -0.25) is 0 Å². The minimum Gasteiger partial charge on any atom is -0.250 e. The highest BCUT2D eigenvalue weighted by atomic mass is 127. The van der Waals surface area contributed by atoms with Gasteiger partial charge < -0.3 is 0 Å². The van der Waals surface area contributed by atoms with Gasteiger partial charge in [-0.25, -0.2) is 13.8 Å². The van der Waals surface area contributed by atoms with Crippen molar-refractivity contribution < 1.29 is 8.78 Å². The monoisotopic (exact) mass is 255 g/mol. The van der Waals surface area contributed by atoms with Crippen molar-refractivity contribution in [3.8, 4) is 0 Å². The van der Waals surface area contributed by atoms with E-state index in [4.69, 9.17) is 0 Å². The van der Waals surface area contributed by atoms with Crippen LogP contribution in [0.25, 0.3) is 0 Å². The Morgan fingerprint density at radius 1 is 1.50 bits per heavy atom. The van der Waals surface area contributed by atoms with Crippen LogP contribution in [0.1, 0.15) is 12.0 Å². The van der Waals surface area contributed by atoms with Crippen LogP contribution in [0.2, 0.25) is 0 Å². The summed E-state index contributed by atoms with van der Waals surface area (Å²) < 4.78 is 24.3. The van der Waals surface area contributed by atoms with E-state index in [1.165, 1.54) is 18.3 Å². The van der Waals surface area contributed by atoms with E-state index in [1.807, 2.05) is 0 Å². The van der Waals surface area contributed by atoms with Gasteiger partial charge in [-0.15, -0.1) is 0 Å². The fourth-order valence-corrected chi connectivity index (χ4v) is 1.14. The third kappa shape index (κ3) is 1.62. The van der Waals surface area contributed by atoms with E-state index in [0.717, 1.165) is 0 Å². The van der Waals surface area contributed by atoms with Crippen LogP contribution in [0.5, 0.6) is 0 Å². The standard InChI is InChI=1S/C6H4F2IN/c7-5(8)4-2-1-3-10-6(4)9/h1-3,5H. The Labute approximate surface area is 70.6 Å². The Kier molecular flexibility index (Phi) is 2.53. The predicted molar refractivity (Wildman–Crippen MR) is 41.9 cm³/mol. The summed E-state index contributed by atoms with van der Waals surface area (Å²) >= 11 is 1.78. The highest BCUT2D eigenvalue weighted by Crippen LogP contribution is 2.21. The van der Waals surface area contributed by atoms with Gasteiger partial charge in [-0.1, -0.05) is 0 Å². The lowest BCUT2D eigenvalue weighted by molar-refractivity contribution is 0.150. The molecule has 0 radical (unpaired) electrons. The molecule has 0 atom stereocenters. The molecular weight excluding hydrogens is 251 g/mol. The number of pyridine rings is 1. The summed E-state index contributed by atoms with van der Waals surface area (Å²) in [5.41, 5.74) is 0.00287. The maximum Gasteiger partial charge on any atom is 0.266 e. The molecule has 0 aromatic carbocycles. The number of nitrogens with zero attached hydrogens (tertiary/aromatic N) is 1. The summed E-state index contributed by atoms with van der Waals surface area (Å²) in [7, 11) is 0. The average molecular weight is 255 g/mol. The minimum absolute atomic E-state index is 0.00287. The highest BCUT2D eigenvalue weighted by molar-refractivity contribution is 14.1. The molecule has 0 saturated heterocycles. The predicted octanol–water partition coefficient (Wildman–Crippen LogP) is 2.62. The fraction of sp³-hybridized carbons (Fsp3) is 0.167. The zero-order valence-electron chi connectivity index (χ0n) is 4.89. The van der Waals surface area contributed by atoms with Crippen LogP contribution < -0.4 is 0 Å². The normalized spacial score (nSPS) is 10.4. The molecule has 0 amide bonds. The Balaban J connectivity index is 3.03. The maximum absolute atomic E-state index is 12.0. The molecule has 0 aliphatic rings. The highest BCUT2D eigenvalue weighted by Gasteiger charge is 2.10. The molecule has 54 valence electrons. The van der Waals surface area contributed by atoms with Crippen LogP contribution in [-0.4, -0.2) is 4.98 Å². The number of rotatable bonds is 1. The first-order chi connectivity index (χ1) is 4.72. The largest absolute Gasteiger partial charge is 0.266 e. The average Bonchev–Trinajstić information content (AvgIpc) is 1.88. The molecule has 10 heavy (non-hydrogen) atoms. The van der Waals surface area contributed by atoms with E-state index in [2.05, 4.69) is 4.98 Å². The maximum atomic E-state index is 12.0. The van der Waals surface area contributed by atoms with Crippen molar-refractivity contribution in [3.63, 3.8) is 0 Å². The molecule has 0 unspecified atom stereocenters. The van der Waals surface area contributed by atoms with Gasteiger partial charge in [0.25, 0.3) is 6.43 Å². The lowest BCUT2D eigenvalue weighted by Crippen LogP contribution is -1.90. The van der Waals surface area contributed by atoms with Crippen LogP contribution in [0.3, 0.4) is 0 Å². The summed E-state index contributed by atoms with van der Waals surface area (Å²) in [6.45, 7) is 0. The third-order valence-electron chi connectivity index (χ3n) is 1.02. The number of alkyl halides is 2. The van der Waals surface area contributed by atoms with E-state index >= 15 is 0 Å². The molecule has 0 aliphatic heterocycles. The first-order valence-electron chi connectivity index (χ1n) is 2.60. The van der Waals surface area contributed by atoms with Gasteiger partial charge in [0.15, 0.2) is 0 Å². The lowest BCUT2D eigenvalue weighted by atomic mass is 10.3. The zero-order valence-corrected chi connectivity index (χ0v) is 7.05. The Morgan fingerprint density at radius 2 is 2.20 bits per heavy atom. The molecule has 0 bridgehead atoms. The Morgan fingerprint density at radius 3 is 2.60 bits per heavy atom. The summed E-state index contributed by atoms with van der Waals surface area (Å²) in [5.74, 6) is 0. The van der Waals surface area contributed by atoms with E-state index in [-0.39, 0.29) is 5.56 Å². The Hall–Kier alpha value is -0.260. The summed E-state index contributed by atoms with van der Waals surface area (Å²) in [6.07, 6.45) is -0.922. The number of hydrogen-bond acceptors (Lipinski definition) is 1. The summed E-state index contributed by atoms with van der Waals surface area (Å²) in [4.78, 5) is 3.71. The first kappa shape index (κ1) is 7.84. The minimum atomic E-state index is -2.42. The molecule has 0 saturated carbocycles. The smallest absolute Gasteiger partial charge is 0.250 e. The van der Waals surface area contributed by atoms with Gasteiger partial charge in [-0.05, 0) is 34.7 Å². The van der Waals surface area contributed by atoms with Crippen molar-refractivity contribution in [3.05, 3.63) is 27.6 Å². The molecule has 1 aromatic heterocycles. The topological polar surface area (TPSA) is 12.9 Å². The van der Waals surface area contributed by atoms with Crippen LogP contribution >= 0.6 is 22.6 Å². The zero-order chi connectivity index (χ0) is 7.56. The molecule has 0 fully saturated rings. The molecule has 1 aromatic rings. The van der Waals surface area contributed by atoms with Crippen molar-refractivity contribution in [1.29, 1.82) is 0 Å². The van der Waals surface area contributed by atoms with E-state index < -0.39 is 6.43 Å². The molecular formula is C6H4F2IN. The molecule has 1 heterocycles. The molecule has 1 nitrogen and oxygen atoms in total. The first-order valence-corrected chi connectivity index (χ1v) is 3.68. The molecule has 0 N–H and O–H groups in total. The van der Waals surface area contributed by atoms with Crippen LogP contribution in [-0.2, 0) is 0 Å². The SMILES string of the molecule is FC(F)c1cccnc1I. The molecule has 4 heteroatoms. The second-order valence-corrected chi connectivity index (χ2v) is 2.71. The van der Waals surface area contributed by atoms with Crippen molar-refractivity contribution in [2.75, 3.05) is 0 Å². The Bertz CT molecular complexity index is 227. The van der Waals surface area contributed by atoms with Gasteiger partial charge in [0, 0.05) is 11.8 Å². The van der Waals surface area contributed by atoms with Gasteiger partial charge in [0.05, 0.1) is 0 Å². The fourth-order valence-electron chi connectivity index (χ4n) is 0.561. The van der Waals surface area contributed by atoms with E-state index in [9.17, 15) is 8.78 Å². The van der Waals surface area contributed by atoms with Crippen molar-refractivity contribution in [1.82, 2.24) is 4.98 Å². The lowest BCUT2D eigenvalue weighted by Gasteiger charge is -1.98. The molecule has 1 rings (SSSR count). The second-order valence-electron chi connectivity index (χ2n) is 1.68. The number of halogens is 3. The van der Waals surface area contributed by atoms with E-state index in [0.29, 0.717) is 3.70 Å². The van der Waals surface area contributed by atoms with Crippen LogP contribution in [0.4, 0.5) is 8.78 Å². The van der Waals surface area contributed by atoms with Crippen molar-refractivity contribution >= 4 is 22.6 Å². The van der Waals surface area contributed by atoms with Crippen LogP contribution in [0.15, 0.2) is 18.3 Å². The van der Waals surface area contributed by atoms with Crippen molar-refractivity contribution in [2.24, 2.45) is 0 Å². The number of hydrogen-bond donors (Lipinski definition) is 0. The van der Waals surface area contributed by atoms with Crippen molar-refractivity contribution in [2.45, 2.75) is 6.43 Å². The third-order valence-corrected chi connectivity index (χ3v) is 1.92. The molecule has 0 spiro atoms. The quantitative estimate of drug-likeness (QED) is 0.555. The van der Waals surface area contributed by atoms with Gasteiger partial charge in [0.2, 0.25) is 0 Å². The van der Waals surface area contributed by atoms with Gasteiger partial charge >= 0.3 is 0 Å². The summed E-state index contributed by atoms with van der Waals surface area (Å²) in [5, 5.41) is 0. The molecule has 0 aliphatic carbocycles. The second kappa shape index (κ2) is 3.23. The van der Waals surface area contributed by atoms with Gasteiger partial charge in [-0.2, -0.15) is 0 Å². The number of aromatic nitrogens is 1. The van der Waals surface area contributed by atoms with Crippen LogP contribution in [0, 0.1) is 3.70 Å². The van der Waals surface area contributed by atoms with Gasteiger partial charge in [0.1, 0.15) is 3.70 Å².